The van der Waals surface area contributed by atoms with Gasteiger partial charge in [0.2, 0.25) is 0 Å². The molecule has 0 amide bonds. The Morgan fingerprint density at radius 2 is 1.74 bits per heavy atom. The van der Waals surface area contributed by atoms with Gasteiger partial charge in [-0.25, -0.2) is 14.7 Å². The number of rotatable bonds is 6. The first-order valence-corrected chi connectivity index (χ1v) is 9.80. The summed E-state index contributed by atoms with van der Waals surface area (Å²) in [5.74, 6) is 0.400. The van der Waals surface area contributed by atoms with Crippen LogP contribution in [0, 0.1) is 6.92 Å². The van der Waals surface area contributed by atoms with E-state index >= 15 is 0 Å². The van der Waals surface area contributed by atoms with Crippen LogP contribution in [0.2, 0.25) is 0 Å². The van der Waals surface area contributed by atoms with E-state index in [-0.39, 0.29) is 24.0 Å². The summed E-state index contributed by atoms with van der Waals surface area (Å²) in [6, 6.07) is 24.8. The zero-order valence-corrected chi connectivity index (χ0v) is 19.6. The van der Waals surface area contributed by atoms with Gasteiger partial charge in [-0.05, 0) is 41.3 Å². The van der Waals surface area contributed by atoms with Gasteiger partial charge < -0.3 is 11.1 Å². The van der Waals surface area contributed by atoms with Crippen LogP contribution < -0.4 is 11.1 Å². The second-order valence-electron chi connectivity index (χ2n) is 7.14. The van der Waals surface area contributed by atoms with E-state index in [1.807, 2.05) is 41.1 Å². The van der Waals surface area contributed by atoms with Crippen molar-refractivity contribution in [2.45, 2.75) is 20.0 Å². The maximum atomic E-state index is 6.09. The number of aliphatic imine (C=N–C) groups is 1. The van der Waals surface area contributed by atoms with Crippen molar-refractivity contribution in [2.75, 3.05) is 5.32 Å². The smallest absolute Gasteiger partial charge is 0.193 e. The van der Waals surface area contributed by atoms with Crippen molar-refractivity contribution in [1.82, 2.24) is 14.8 Å². The average molecular weight is 524 g/mol. The fourth-order valence-electron chi connectivity index (χ4n) is 3.23. The lowest BCUT2D eigenvalue weighted by Gasteiger charge is -2.10. The van der Waals surface area contributed by atoms with Crippen molar-refractivity contribution in [2.24, 2.45) is 10.7 Å². The van der Waals surface area contributed by atoms with E-state index in [4.69, 9.17) is 5.73 Å². The molecular weight excluding hydrogens is 499 g/mol. The number of hydrogen-bond donors (Lipinski definition) is 2. The fraction of sp³-hybridized carbons (Fsp3) is 0.125. The van der Waals surface area contributed by atoms with Gasteiger partial charge in [0.25, 0.3) is 0 Å². The standard InChI is InChI=1S/C24H24N6.HI/c1-18-6-12-22(13-7-18)29-24(25)27-14-21-4-2-3-5-23(21)20-10-8-19(9-11-20)15-30-17-26-16-28-30;/h2-13,16-17H,14-15H2,1H3,(H3,25,27,29);1H. The second-order valence-corrected chi connectivity index (χ2v) is 7.14. The molecule has 3 aromatic carbocycles. The summed E-state index contributed by atoms with van der Waals surface area (Å²) in [5, 5.41) is 7.30. The van der Waals surface area contributed by atoms with Gasteiger partial charge in [-0.1, -0.05) is 66.2 Å². The molecule has 4 rings (SSSR count). The number of aromatic nitrogens is 3. The molecule has 0 unspecified atom stereocenters. The zero-order chi connectivity index (χ0) is 20.8. The first kappa shape index (κ1) is 22.5. The van der Waals surface area contributed by atoms with Crippen LogP contribution in [0.1, 0.15) is 16.7 Å². The molecule has 0 saturated heterocycles. The fourth-order valence-corrected chi connectivity index (χ4v) is 3.23. The third kappa shape index (κ3) is 6.14. The third-order valence-corrected chi connectivity index (χ3v) is 4.84. The zero-order valence-electron chi connectivity index (χ0n) is 17.3. The van der Waals surface area contributed by atoms with Gasteiger partial charge in [0.05, 0.1) is 13.1 Å². The first-order chi connectivity index (χ1) is 14.7. The largest absolute Gasteiger partial charge is 0.370 e. The number of benzene rings is 3. The molecule has 0 atom stereocenters. The van der Waals surface area contributed by atoms with Crippen molar-refractivity contribution < 1.29 is 0 Å². The van der Waals surface area contributed by atoms with Gasteiger partial charge in [0.1, 0.15) is 12.7 Å². The Bertz CT molecular complexity index is 1120. The lowest BCUT2D eigenvalue weighted by molar-refractivity contribution is 0.685. The highest BCUT2D eigenvalue weighted by Gasteiger charge is 2.05. The summed E-state index contributed by atoms with van der Waals surface area (Å²) >= 11 is 0. The number of nitrogens with one attached hydrogen (secondary N) is 1. The summed E-state index contributed by atoms with van der Waals surface area (Å²) in [4.78, 5) is 8.51. The monoisotopic (exact) mass is 524 g/mol. The number of guanidine groups is 1. The Balaban J connectivity index is 0.00000272. The van der Waals surface area contributed by atoms with Gasteiger partial charge in [-0.15, -0.1) is 24.0 Å². The van der Waals surface area contributed by atoms with E-state index in [0.29, 0.717) is 19.0 Å². The molecule has 31 heavy (non-hydrogen) atoms. The number of aryl methyl sites for hydroxylation is 1. The van der Waals surface area contributed by atoms with Crippen LogP contribution in [-0.4, -0.2) is 20.7 Å². The van der Waals surface area contributed by atoms with Crippen molar-refractivity contribution in [3.63, 3.8) is 0 Å². The molecule has 158 valence electrons. The van der Waals surface area contributed by atoms with Crippen LogP contribution in [0.5, 0.6) is 0 Å². The minimum atomic E-state index is 0. The maximum Gasteiger partial charge on any atom is 0.193 e. The van der Waals surface area contributed by atoms with Gasteiger partial charge in [-0.3, -0.25) is 0 Å². The van der Waals surface area contributed by atoms with Gasteiger partial charge in [-0.2, -0.15) is 5.10 Å². The van der Waals surface area contributed by atoms with E-state index in [0.717, 1.165) is 22.4 Å². The SMILES string of the molecule is Cc1ccc(NC(N)=NCc2ccccc2-c2ccc(Cn3cncn3)cc2)cc1.I. The van der Waals surface area contributed by atoms with Crippen molar-refractivity contribution in [3.8, 4) is 11.1 Å². The highest BCUT2D eigenvalue weighted by Crippen LogP contribution is 2.25. The number of halogens is 1. The predicted molar refractivity (Wildman–Crippen MR) is 137 cm³/mol. The van der Waals surface area contributed by atoms with E-state index < -0.39 is 0 Å². The number of nitrogens with zero attached hydrogens (tertiary/aromatic N) is 4. The highest BCUT2D eigenvalue weighted by atomic mass is 127. The lowest BCUT2D eigenvalue weighted by atomic mass is 9.98. The Labute approximate surface area is 199 Å². The van der Waals surface area contributed by atoms with Crippen molar-refractivity contribution in [1.29, 1.82) is 0 Å². The molecule has 0 bridgehead atoms. The Morgan fingerprint density at radius 1 is 1.00 bits per heavy atom. The first-order valence-electron chi connectivity index (χ1n) is 9.80. The van der Waals surface area contributed by atoms with E-state index in [2.05, 4.69) is 63.7 Å². The second kappa shape index (κ2) is 10.7. The molecule has 0 aliphatic heterocycles. The van der Waals surface area contributed by atoms with Gasteiger partial charge in [0.15, 0.2) is 5.96 Å². The van der Waals surface area contributed by atoms with Crippen molar-refractivity contribution in [3.05, 3.63) is 102 Å². The Kier molecular flexibility index (Phi) is 7.77. The van der Waals surface area contributed by atoms with Crippen LogP contribution in [0.3, 0.4) is 0 Å². The highest BCUT2D eigenvalue weighted by molar-refractivity contribution is 14.0. The summed E-state index contributed by atoms with van der Waals surface area (Å²) in [7, 11) is 0. The molecule has 3 N–H and O–H groups in total. The van der Waals surface area contributed by atoms with Gasteiger partial charge in [0, 0.05) is 5.69 Å². The van der Waals surface area contributed by atoms with Gasteiger partial charge >= 0.3 is 0 Å². The van der Waals surface area contributed by atoms with Crippen LogP contribution >= 0.6 is 24.0 Å². The van der Waals surface area contributed by atoms with E-state index in [1.165, 1.54) is 11.1 Å². The van der Waals surface area contributed by atoms with Crippen LogP contribution in [0.25, 0.3) is 11.1 Å². The number of nitrogens with two attached hydrogens (primary N) is 1. The number of anilines is 1. The van der Waals surface area contributed by atoms with Crippen LogP contribution in [-0.2, 0) is 13.1 Å². The molecule has 0 aliphatic rings. The topological polar surface area (TPSA) is 81.1 Å². The van der Waals surface area contributed by atoms with Crippen molar-refractivity contribution >= 4 is 35.6 Å². The summed E-state index contributed by atoms with van der Waals surface area (Å²) in [6.07, 6.45) is 3.26. The lowest BCUT2D eigenvalue weighted by Crippen LogP contribution is -2.22. The molecule has 4 aromatic rings. The minimum absolute atomic E-state index is 0. The average Bonchev–Trinajstić information content (AvgIpc) is 3.28. The number of hydrogen-bond acceptors (Lipinski definition) is 3. The summed E-state index contributed by atoms with van der Waals surface area (Å²) in [6.45, 7) is 3.26. The normalized spacial score (nSPS) is 11.1. The molecule has 1 aromatic heterocycles. The molecule has 0 saturated carbocycles. The Morgan fingerprint density at radius 3 is 2.45 bits per heavy atom. The summed E-state index contributed by atoms with van der Waals surface area (Å²) < 4.78 is 1.81. The molecule has 7 heteroatoms. The minimum Gasteiger partial charge on any atom is -0.370 e. The van der Waals surface area contributed by atoms with Crippen LogP contribution in [0.15, 0.2) is 90.4 Å². The molecule has 0 aliphatic carbocycles. The maximum absolute atomic E-state index is 6.09. The molecule has 0 spiro atoms. The van der Waals surface area contributed by atoms with E-state index in [1.54, 1.807) is 12.7 Å². The van der Waals surface area contributed by atoms with Crippen LogP contribution in [0.4, 0.5) is 5.69 Å². The molecular formula is C24H25IN6. The molecule has 0 fully saturated rings. The third-order valence-electron chi connectivity index (χ3n) is 4.84. The quantitative estimate of drug-likeness (QED) is 0.215. The predicted octanol–water partition coefficient (Wildman–Crippen LogP) is 4.85. The molecule has 1 heterocycles. The molecule has 6 nitrogen and oxygen atoms in total. The Hall–Kier alpha value is -3.20. The molecule has 0 radical (unpaired) electrons. The summed E-state index contributed by atoms with van der Waals surface area (Å²) in [5.41, 5.74) is 12.8. The van der Waals surface area contributed by atoms with E-state index in [9.17, 15) is 0 Å².